The summed E-state index contributed by atoms with van der Waals surface area (Å²) in [6, 6.07) is 10.6. The molecule has 2 aromatic rings. The molecule has 1 heterocycles. The molecule has 0 saturated carbocycles. The van der Waals surface area contributed by atoms with E-state index in [9.17, 15) is 4.79 Å². The number of rotatable bonds is 5. The molecule has 3 N–H and O–H groups in total. The van der Waals surface area contributed by atoms with Gasteiger partial charge in [-0.3, -0.25) is 4.79 Å². The molecule has 0 saturated heterocycles. The first-order valence-electron chi connectivity index (χ1n) is 6.88. The Hall–Kier alpha value is -2.56. The van der Waals surface area contributed by atoms with Crippen LogP contribution in [0.4, 0.5) is 11.5 Å². The van der Waals surface area contributed by atoms with E-state index in [1.165, 1.54) is 0 Å². The monoisotopic (exact) mass is 285 g/mol. The first-order valence-corrected chi connectivity index (χ1v) is 6.88. The van der Waals surface area contributed by atoms with Crippen molar-refractivity contribution in [2.24, 2.45) is 0 Å². The van der Waals surface area contributed by atoms with Crippen molar-refractivity contribution < 1.29 is 9.53 Å². The number of carbonyl (C=O) groups excluding carboxylic acids is 1. The van der Waals surface area contributed by atoms with E-state index in [1.54, 1.807) is 30.5 Å². The lowest BCUT2D eigenvalue weighted by atomic mass is 10.2. The molecule has 0 aliphatic heterocycles. The summed E-state index contributed by atoms with van der Waals surface area (Å²) in [6.07, 6.45) is 2.60. The molecule has 0 aliphatic carbocycles. The molecule has 2 rings (SSSR count). The number of nitrogens with zero attached hydrogens (tertiary/aromatic N) is 1. The summed E-state index contributed by atoms with van der Waals surface area (Å²) >= 11 is 0. The maximum absolute atomic E-state index is 12.2. The van der Waals surface area contributed by atoms with E-state index in [0.29, 0.717) is 11.3 Å². The summed E-state index contributed by atoms with van der Waals surface area (Å²) in [5, 5.41) is 2.79. The van der Waals surface area contributed by atoms with Crippen LogP contribution in [-0.2, 0) is 0 Å². The van der Waals surface area contributed by atoms with Gasteiger partial charge in [-0.1, -0.05) is 13.0 Å². The SMILES string of the molecule is CCC(C)Oc1cccc(NC(=O)c2cccnc2N)c1. The molecule has 0 spiro atoms. The number of ether oxygens (including phenoxy) is 1. The number of nitrogens with two attached hydrogens (primary N) is 1. The molecule has 1 unspecified atom stereocenters. The van der Waals surface area contributed by atoms with E-state index in [-0.39, 0.29) is 17.8 Å². The molecule has 0 fully saturated rings. The van der Waals surface area contributed by atoms with Crippen molar-refractivity contribution in [3.63, 3.8) is 0 Å². The number of carbonyl (C=O) groups is 1. The van der Waals surface area contributed by atoms with Gasteiger partial charge in [-0.2, -0.15) is 0 Å². The molecule has 0 bridgehead atoms. The normalized spacial score (nSPS) is 11.7. The molecule has 5 heteroatoms. The Morgan fingerprint density at radius 3 is 2.90 bits per heavy atom. The highest BCUT2D eigenvalue weighted by atomic mass is 16.5. The Labute approximate surface area is 124 Å². The van der Waals surface area contributed by atoms with Gasteiger partial charge in [0.2, 0.25) is 0 Å². The van der Waals surface area contributed by atoms with Gasteiger partial charge in [0.1, 0.15) is 11.6 Å². The van der Waals surface area contributed by atoms with Crippen molar-refractivity contribution in [3.8, 4) is 5.75 Å². The Bertz CT molecular complexity index is 628. The van der Waals surface area contributed by atoms with E-state index in [2.05, 4.69) is 17.2 Å². The fourth-order valence-electron chi connectivity index (χ4n) is 1.77. The van der Waals surface area contributed by atoms with E-state index >= 15 is 0 Å². The minimum Gasteiger partial charge on any atom is -0.491 e. The first-order chi connectivity index (χ1) is 10.1. The Kier molecular flexibility index (Phi) is 4.77. The number of aromatic nitrogens is 1. The molecule has 0 radical (unpaired) electrons. The average molecular weight is 285 g/mol. The summed E-state index contributed by atoms with van der Waals surface area (Å²) in [4.78, 5) is 16.1. The topological polar surface area (TPSA) is 77.2 Å². The van der Waals surface area contributed by atoms with Gasteiger partial charge >= 0.3 is 0 Å². The van der Waals surface area contributed by atoms with Crippen molar-refractivity contribution in [2.75, 3.05) is 11.1 Å². The highest BCUT2D eigenvalue weighted by Crippen LogP contribution is 2.20. The molecule has 21 heavy (non-hydrogen) atoms. The summed E-state index contributed by atoms with van der Waals surface area (Å²) in [5.41, 5.74) is 6.70. The van der Waals surface area contributed by atoms with Crippen molar-refractivity contribution in [1.29, 1.82) is 0 Å². The Morgan fingerprint density at radius 1 is 1.38 bits per heavy atom. The van der Waals surface area contributed by atoms with Crippen LogP contribution in [0.25, 0.3) is 0 Å². The maximum Gasteiger partial charge on any atom is 0.259 e. The van der Waals surface area contributed by atoms with E-state index in [4.69, 9.17) is 10.5 Å². The third kappa shape index (κ3) is 3.95. The molecule has 1 atom stereocenters. The van der Waals surface area contributed by atoms with Crippen LogP contribution in [0.2, 0.25) is 0 Å². The highest BCUT2D eigenvalue weighted by molar-refractivity contribution is 6.07. The zero-order valence-electron chi connectivity index (χ0n) is 12.2. The van der Waals surface area contributed by atoms with Crippen LogP contribution in [0.1, 0.15) is 30.6 Å². The number of amides is 1. The van der Waals surface area contributed by atoms with E-state index in [0.717, 1.165) is 12.2 Å². The summed E-state index contributed by atoms with van der Waals surface area (Å²) in [6.45, 7) is 4.06. The molecule has 5 nitrogen and oxygen atoms in total. The van der Waals surface area contributed by atoms with Crippen LogP contribution in [0, 0.1) is 0 Å². The molecular weight excluding hydrogens is 266 g/mol. The van der Waals surface area contributed by atoms with Crippen LogP contribution in [-0.4, -0.2) is 17.0 Å². The zero-order chi connectivity index (χ0) is 15.2. The van der Waals surface area contributed by atoms with Gasteiger partial charge in [0.25, 0.3) is 5.91 Å². The number of hydrogen-bond acceptors (Lipinski definition) is 4. The van der Waals surface area contributed by atoms with Crippen molar-refractivity contribution in [2.45, 2.75) is 26.4 Å². The third-order valence-corrected chi connectivity index (χ3v) is 3.09. The molecule has 1 aromatic carbocycles. The largest absolute Gasteiger partial charge is 0.491 e. The van der Waals surface area contributed by atoms with Crippen molar-refractivity contribution in [3.05, 3.63) is 48.2 Å². The van der Waals surface area contributed by atoms with Gasteiger partial charge in [-0.15, -0.1) is 0 Å². The molecular formula is C16H19N3O2. The molecule has 1 aromatic heterocycles. The van der Waals surface area contributed by atoms with Gasteiger partial charge in [0, 0.05) is 18.0 Å². The summed E-state index contributed by atoms with van der Waals surface area (Å²) in [5.74, 6) is 0.643. The average Bonchev–Trinajstić information content (AvgIpc) is 2.47. The van der Waals surface area contributed by atoms with Gasteiger partial charge < -0.3 is 15.8 Å². The fraction of sp³-hybridized carbons (Fsp3) is 0.250. The second kappa shape index (κ2) is 6.74. The molecule has 0 aliphatic rings. The second-order valence-electron chi connectivity index (χ2n) is 4.75. The lowest BCUT2D eigenvalue weighted by Gasteiger charge is -2.13. The number of benzene rings is 1. The van der Waals surface area contributed by atoms with Crippen LogP contribution < -0.4 is 15.8 Å². The number of hydrogen-bond donors (Lipinski definition) is 2. The van der Waals surface area contributed by atoms with Crippen molar-refractivity contribution >= 4 is 17.4 Å². The van der Waals surface area contributed by atoms with Gasteiger partial charge in [-0.05, 0) is 37.6 Å². The van der Waals surface area contributed by atoms with Crippen LogP contribution in [0.15, 0.2) is 42.6 Å². The minimum absolute atomic E-state index is 0.130. The highest BCUT2D eigenvalue weighted by Gasteiger charge is 2.10. The number of nitrogen functional groups attached to an aromatic ring is 1. The van der Waals surface area contributed by atoms with Gasteiger partial charge in [0.15, 0.2) is 0 Å². The third-order valence-electron chi connectivity index (χ3n) is 3.09. The minimum atomic E-state index is -0.290. The Balaban J connectivity index is 2.11. The first kappa shape index (κ1) is 14.8. The smallest absolute Gasteiger partial charge is 0.259 e. The van der Waals surface area contributed by atoms with E-state index < -0.39 is 0 Å². The molecule has 110 valence electrons. The van der Waals surface area contributed by atoms with Crippen LogP contribution in [0.3, 0.4) is 0 Å². The van der Waals surface area contributed by atoms with Crippen LogP contribution >= 0.6 is 0 Å². The Morgan fingerprint density at radius 2 is 2.19 bits per heavy atom. The van der Waals surface area contributed by atoms with Gasteiger partial charge in [-0.25, -0.2) is 4.98 Å². The number of pyridine rings is 1. The van der Waals surface area contributed by atoms with Crippen LogP contribution in [0.5, 0.6) is 5.75 Å². The zero-order valence-corrected chi connectivity index (χ0v) is 12.2. The fourth-order valence-corrected chi connectivity index (χ4v) is 1.77. The summed E-state index contributed by atoms with van der Waals surface area (Å²) in [7, 11) is 0. The molecule has 1 amide bonds. The predicted octanol–water partition coefficient (Wildman–Crippen LogP) is 3.09. The lowest BCUT2D eigenvalue weighted by Crippen LogP contribution is -2.15. The quantitative estimate of drug-likeness (QED) is 0.885. The standard InChI is InChI=1S/C16H19N3O2/c1-3-11(2)21-13-7-4-6-12(10-13)19-16(20)14-8-5-9-18-15(14)17/h4-11H,3H2,1-2H3,(H2,17,18)(H,19,20). The lowest BCUT2D eigenvalue weighted by molar-refractivity contribution is 0.102. The second-order valence-corrected chi connectivity index (χ2v) is 4.75. The summed E-state index contributed by atoms with van der Waals surface area (Å²) < 4.78 is 5.73. The number of anilines is 2. The predicted molar refractivity (Wildman–Crippen MR) is 83.4 cm³/mol. The number of nitrogens with one attached hydrogen (secondary N) is 1. The maximum atomic E-state index is 12.2. The van der Waals surface area contributed by atoms with Gasteiger partial charge in [0.05, 0.1) is 11.7 Å². The van der Waals surface area contributed by atoms with E-state index in [1.807, 2.05) is 19.1 Å². The van der Waals surface area contributed by atoms with Crippen molar-refractivity contribution in [1.82, 2.24) is 4.98 Å².